The summed E-state index contributed by atoms with van der Waals surface area (Å²) in [7, 11) is 3.64. The molecule has 0 radical (unpaired) electrons. The third kappa shape index (κ3) is 4.93. The summed E-state index contributed by atoms with van der Waals surface area (Å²) in [6.45, 7) is 7.57. The molecule has 0 spiro atoms. The van der Waals surface area contributed by atoms with Gasteiger partial charge in [-0.05, 0) is 60.7 Å². The van der Waals surface area contributed by atoms with Gasteiger partial charge in [-0.2, -0.15) is 5.10 Å². The van der Waals surface area contributed by atoms with E-state index in [0.717, 1.165) is 52.5 Å². The van der Waals surface area contributed by atoms with E-state index in [1.54, 1.807) is 24.1 Å². The largest absolute Gasteiger partial charge is 0.477 e. The van der Waals surface area contributed by atoms with Crippen molar-refractivity contribution in [3.05, 3.63) is 60.0 Å². The zero-order valence-corrected chi connectivity index (χ0v) is 22.4. The van der Waals surface area contributed by atoms with Gasteiger partial charge in [-0.25, -0.2) is 19.4 Å². The average Bonchev–Trinajstić information content (AvgIpc) is 3.60. The molecule has 1 saturated heterocycles. The molecule has 1 aliphatic heterocycles. The van der Waals surface area contributed by atoms with Crippen LogP contribution in [0.3, 0.4) is 0 Å². The second-order valence-electron chi connectivity index (χ2n) is 10.0. The first-order chi connectivity index (χ1) is 18.4. The Morgan fingerprint density at radius 1 is 1.13 bits per heavy atom. The lowest BCUT2D eigenvalue weighted by Crippen LogP contribution is -2.22. The Balaban J connectivity index is 1.67. The molecule has 0 atom stereocenters. The summed E-state index contributed by atoms with van der Waals surface area (Å²) in [6.07, 6.45) is 4.16. The van der Waals surface area contributed by atoms with E-state index in [9.17, 15) is 9.90 Å². The molecule has 198 valence electrons. The number of methoxy groups -OCH3 is 1. The normalized spacial score (nSPS) is 13.6. The second-order valence-corrected chi connectivity index (χ2v) is 10.0. The Labute approximate surface area is 222 Å². The van der Waals surface area contributed by atoms with Crippen LogP contribution in [0.5, 0.6) is 0 Å². The first-order valence-electron chi connectivity index (χ1n) is 13.1. The molecule has 4 aromatic rings. The molecule has 0 saturated carbocycles. The number of nitrogens with zero attached hydrogens (tertiary/aromatic N) is 6. The van der Waals surface area contributed by atoms with Gasteiger partial charge in [-0.3, -0.25) is 0 Å². The summed E-state index contributed by atoms with van der Waals surface area (Å²) in [5, 5.41) is 15.8. The van der Waals surface area contributed by atoms with Crippen molar-refractivity contribution in [3.63, 3.8) is 0 Å². The van der Waals surface area contributed by atoms with E-state index in [1.807, 2.05) is 36.2 Å². The summed E-state index contributed by atoms with van der Waals surface area (Å²) >= 11 is 0. The van der Waals surface area contributed by atoms with Gasteiger partial charge in [0.05, 0.1) is 23.4 Å². The quantitative estimate of drug-likeness (QED) is 0.334. The van der Waals surface area contributed by atoms with Gasteiger partial charge in [0, 0.05) is 51.2 Å². The maximum atomic E-state index is 12.2. The summed E-state index contributed by atoms with van der Waals surface area (Å²) in [6, 6.07) is 13.8. The van der Waals surface area contributed by atoms with Crippen LogP contribution in [0, 0.1) is 0 Å². The predicted molar refractivity (Wildman–Crippen MR) is 150 cm³/mol. The standard InChI is InChI=1S/C29H34N6O3/c1-19(2)27-26-23(20-10-11-25(30-18-20)33(3)14-15-38-4)17-24(29(36)37)31-28(26)35(32-27)22-9-7-8-21(16-22)34-12-5-6-13-34/h7-11,16-19H,5-6,12-15H2,1-4H3,(H,36,37). The van der Waals surface area contributed by atoms with Gasteiger partial charge in [-0.15, -0.1) is 0 Å². The molecule has 1 N–H and O–H groups in total. The van der Waals surface area contributed by atoms with Crippen molar-refractivity contribution in [3.8, 4) is 16.8 Å². The number of aromatic nitrogens is 4. The van der Waals surface area contributed by atoms with E-state index in [1.165, 1.54) is 12.8 Å². The van der Waals surface area contributed by atoms with Gasteiger partial charge in [0.2, 0.25) is 0 Å². The number of benzene rings is 1. The fourth-order valence-corrected chi connectivity index (χ4v) is 4.97. The Morgan fingerprint density at radius 2 is 1.89 bits per heavy atom. The molecule has 0 aliphatic carbocycles. The highest BCUT2D eigenvalue weighted by Crippen LogP contribution is 2.36. The van der Waals surface area contributed by atoms with Crippen molar-refractivity contribution >= 4 is 28.5 Å². The summed E-state index contributed by atoms with van der Waals surface area (Å²) in [5.41, 5.74) is 4.95. The van der Waals surface area contributed by atoms with Gasteiger partial charge in [0.1, 0.15) is 5.82 Å². The number of carboxylic acids is 1. The molecular weight excluding hydrogens is 480 g/mol. The molecule has 38 heavy (non-hydrogen) atoms. The molecule has 9 nitrogen and oxygen atoms in total. The van der Waals surface area contributed by atoms with Crippen molar-refractivity contribution in [2.24, 2.45) is 0 Å². The number of hydrogen-bond acceptors (Lipinski definition) is 7. The van der Waals surface area contributed by atoms with E-state index < -0.39 is 5.97 Å². The minimum atomic E-state index is -1.08. The Morgan fingerprint density at radius 3 is 2.55 bits per heavy atom. The number of carboxylic acid groups (broad SMARTS) is 1. The van der Waals surface area contributed by atoms with Gasteiger partial charge >= 0.3 is 5.97 Å². The number of ether oxygens (including phenoxy) is 1. The highest BCUT2D eigenvalue weighted by Gasteiger charge is 2.23. The molecule has 4 heterocycles. The molecule has 1 aromatic carbocycles. The predicted octanol–water partition coefficient (Wildman–Crippen LogP) is 4.99. The third-order valence-corrected chi connectivity index (χ3v) is 7.06. The molecule has 1 fully saturated rings. The molecule has 0 bridgehead atoms. The first kappa shape index (κ1) is 25.7. The summed E-state index contributed by atoms with van der Waals surface area (Å²) in [5.74, 6) is -0.168. The zero-order chi connectivity index (χ0) is 26.8. The molecule has 1 aliphatic rings. The Bertz CT molecular complexity index is 1440. The molecule has 0 amide bonds. The molecule has 0 unspecified atom stereocenters. The Kier molecular flexibility index (Phi) is 7.28. The van der Waals surface area contributed by atoms with Gasteiger partial charge in [0.15, 0.2) is 11.3 Å². The van der Waals surface area contributed by atoms with E-state index in [4.69, 9.17) is 9.84 Å². The van der Waals surface area contributed by atoms with Gasteiger partial charge < -0.3 is 19.6 Å². The van der Waals surface area contributed by atoms with Crippen LogP contribution >= 0.6 is 0 Å². The fourth-order valence-electron chi connectivity index (χ4n) is 4.97. The summed E-state index contributed by atoms with van der Waals surface area (Å²) < 4.78 is 6.97. The number of carbonyl (C=O) groups is 1. The van der Waals surface area contributed by atoms with Gasteiger partial charge in [-0.1, -0.05) is 19.9 Å². The van der Waals surface area contributed by atoms with Crippen LogP contribution < -0.4 is 9.80 Å². The van der Waals surface area contributed by atoms with Crippen LogP contribution in [0.2, 0.25) is 0 Å². The third-order valence-electron chi connectivity index (χ3n) is 7.06. The number of aromatic carboxylic acids is 1. The monoisotopic (exact) mass is 514 g/mol. The highest BCUT2D eigenvalue weighted by molar-refractivity contribution is 6.00. The fraction of sp³-hybridized carbons (Fsp3) is 0.379. The van der Waals surface area contributed by atoms with Crippen LogP contribution in [0.15, 0.2) is 48.7 Å². The number of pyridine rings is 2. The van der Waals surface area contributed by atoms with E-state index in [2.05, 4.69) is 40.8 Å². The van der Waals surface area contributed by atoms with Crippen LogP contribution in [0.4, 0.5) is 11.5 Å². The van der Waals surface area contributed by atoms with Crippen LogP contribution in [-0.2, 0) is 4.74 Å². The van der Waals surface area contributed by atoms with Crippen molar-refractivity contribution in [1.82, 2.24) is 19.7 Å². The number of rotatable bonds is 9. The topological polar surface area (TPSA) is 96.6 Å². The molecule has 5 rings (SSSR count). The van der Waals surface area contributed by atoms with E-state index >= 15 is 0 Å². The highest BCUT2D eigenvalue weighted by atomic mass is 16.5. The number of hydrogen-bond donors (Lipinski definition) is 1. The molecule has 3 aromatic heterocycles. The smallest absolute Gasteiger partial charge is 0.354 e. The lowest BCUT2D eigenvalue weighted by atomic mass is 9.98. The minimum absolute atomic E-state index is 0.0269. The van der Waals surface area contributed by atoms with Crippen molar-refractivity contribution in [2.75, 3.05) is 50.2 Å². The lowest BCUT2D eigenvalue weighted by Gasteiger charge is -2.18. The lowest BCUT2D eigenvalue weighted by molar-refractivity contribution is 0.0691. The van der Waals surface area contributed by atoms with Crippen molar-refractivity contribution in [1.29, 1.82) is 0 Å². The van der Waals surface area contributed by atoms with Crippen molar-refractivity contribution in [2.45, 2.75) is 32.6 Å². The van der Waals surface area contributed by atoms with Crippen LogP contribution in [0.25, 0.3) is 27.8 Å². The first-order valence-corrected chi connectivity index (χ1v) is 13.1. The summed E-state index contributed by atoms with van der Waals surface area (Å²) in [4.78, 5) is 25.8. The SMILES string of the molecule is COCCN(C)c1ccc(-c2cc(C(=O)O)nc3c2c(C(C)C)nn3-c2cccc(N3CCCC3)c2)cn1. The van der Waals surface area contributed by atoms with E-state index in [-0.39, 0.29) is 11.6 Å². The van der Waals surface area contributed by atoms with Crippen molar-refractivity contribution < 1.29 is 14.6 Å². The maximum absolute atomic E-state index is 12.2. The number of fused-ring (bicyclic) bond motifs is 1. The Hall–Kier alpha value is -3.98. The van der Waals surface area contributed by atoms with E-state index in [0.29, 0.717) is 18.8 Å². The zero-order valence-electron chi connectivity index (χ0n) is 22.4. The van der Waals surface area contributed by atoms with Crippen LogP contribution in [0.1, 0.15) is 48.8 Å². The molecule has 9 heteroatoms. The minimum Gasteiger partial charge on any atom is -0.477 e. The van der Waals surface area contributed by atoms with Crippen LogP contribution in [-0.4, -0.2) is 71.2 Å². The maximum Gasteiger partial charge on any atom is 0.354 e. The number of likely N-dealkylation sites (N-methyl/N-ethyl adjacent to an activating group) is 1. The molecular formula is C29H34N6O3. The van der Waals surface area contributed by atoms with Gasteiger partial charge in [0.25, 0.3) is 0 Å². The average molecular weight is 515 g/mol. The number of anilines is 2. The second kappa shape index (κ2) is 10.8.